The number of benzene rings is 1. The Morgan fingerprint density at radius 1 is 1.36 bits per heavy atom. The normalized spacial score (nSPS) is 17.0. The molecule has 0 unspecified atom stereocenters. The summed E-state index contributed by atoms with van der Waals surface area (Å²) in [5.41, 5.74) is 0.147. The second kappa shape index (κ2) is 7.40. The van der Waals surface area contributed by atoms with E-state index in [1.807, 2.05) is 0 Å². The molecule has 1 aliphatic heterocycles. The first-order valence-corrected chi connectivity index (χ1v) is 7.85. The number of nitro benzene ring substituents is 1. The largest absolute Gasteiger partial charge is 0.550 e. The predicted octanol–water partition coefficient (Wildman–Crippen LogP) is -0.945. The molecule has 1 aliphatic rings. The lowest BCUT2D eigenvalue weighted by atomic mass is 10.1. The van der Waals surface area contributed by atoms with E-state index in [-0.39, 0.29) is 14.9 Å². The quantitative estimate of drug-likeness (QED) is 0.264. The fourth-order valence-corrected chi connectivity index (χ4v) is 3.42. The van der Waals surface area contributed by atoms with Crippen molar-refractivity contribution in [1.82, 2.24) is 4.90 Å². The van der Waals surface area contributed by atoms with E-state index in [1.54, 1.807) is 0 Å². The van der Waals surface area contributed by atoms with Crippen LogP contribution in [0.25, 0.3) is 6.08 Å². The molecule has 0 bridgehead atoms. The highest BCUT2D eigenvalue weighted by Crippen LogP contribution is 2.34. The Kier molecular flexibility index (Phi) is 5.49. The van der Waals surface area contributed by atoms with Gasteiger partial charge in [0.15, 0.2) is 0 Å². The van der Waals surface area contributed by atoms with Gasteiger partial charge < -0.3 is 19.8 Å². The van der Waals surface area contributed by atoms with Gasteiger partial charge in [0.1, 0.15) is 4.32 Å². The van der Waals surface area contributed by atoms with E-state index >= 15 is 0 Å². The smallest absolute Gasteiger partial charge is 0.270 e. The third-order valence-electron chi connectivity index (χ3n) is 3.15. The summed E-state index contributed by atoms with van der Waals surface area (Å²) >= 11 is 5.70. The van der Waals surface area contributed by atoms with Crippen molar-refractivity contribution >= 4 is 57.9 Å². The van der Waals surface area contributed by atoms with E-state index in [9.17, 15) is 34.7 Å². The molecule has 0 aromatic heterocycles. The van der Waals surface area contributed by atoms with Crippen LogP contribution in [0.2, 0.25) is 0 Å². The van der Waals surface area contributed by atoms with Gasteiger partial charge in [0.05, 0.1) is 21.8 Å². The number of hydrogen-bond acceptors (Lipinski definition) is 9. The van der Waals surface area contributed by atoms with Gasteiger partial charge in [0, 0.05) is 24.5 Å². The summed E-state index contributed by atoms with van der Waals surface area (Å²) in [6, 6.07) is 3.63. The standard InChI is InChI=1S/C14H10N2O7S2/c17-11(18)6-9(13(20)21)15-12(19)10(25-14(15)24)5-7-2-1-3-8(4-7)16(22)23/h1-5,9H,6H2,(H,17,18)(H,20,21)/p-2/b10-5+/t9-/m1/s1. The lowest BCUT2D eigenvalue weighted by Gasteiger charge is -2.27. The Labute approximate surface area is 150 Å². The Hall–Kier alpha value is -2.79. The summed E-state index contributed by atoms with van der Waals surface area (Å²) in [6.07, 6.45) is 0.330. The van der Waals surface area contributed by atoms with Crippen molar-refractivity contribution in [2.75, 3.05) is 0 Å². The van der Waals surface area contributed by atoms with E-state index < -0.39 is 35.2 Å². The summed E-state index contributed by atoms with van der Waals surface area (Å²) in [5.74, 6) is -4.28. The van der Waals surface area contributed by atoms with Crippen molar-refractivity contribution in [2.24, 2.45) is 0 Å². The molecule has 1 saturated heterocycles. The number of hydrogen-bond donors (Lipinski definition) is 0. The average Bonchev–Trinajstić information content (AvgIpc) is 2.79. The van der Waals surface area contributed by atoms with Gasteiger partial charge in [-0.25, -0.2) is 0 Å². The van der Waals surface area contributed by atoms with Gasteiger partial charge in [-0.2, -0.15) is 0 Å². The van der Waals surface area contributed by atoms with Gasteiger partial charge in [0.25, 0.3) is 11.6 Å². The topological polar surface area (TPSA) is 144 Å². The van der Waals surface area contributed by atoms with Crippen molar-refractivity contribution in [3.8, 4) is 0 Å². The number of rotatable bonds is 6. The van der Waals surface area contributed by atoms with Crippen LogP contribution in [-0.2, 0) is 14.4 Å². The Morgan fingerprint density at radius 2 is 2.04 bits per heavy atom. The number of carboxylic acid groups (broad SMARTS) is 2. The summed E-state index contributed by atoms with van der Waals surface area (Å²) < 4.78 is -0.155. The van der Waals surface area contributed by atoms with Crippen LogP contribution in [0, 0.1) is 10.1 Å². The lowest BCUT2D eigenvalue weighted by molar-refractivity contribution is -0.384. The fourth-order valence-electron chi connectivity index (χ4n) is 2.07. The van der Waals surface area contributed by atoms with Crippen LogP contribution in [0.15, 0.2) is 29.2 Å². The van der Waals surface area contributed by atoms with E-state index in [1.165, 1.54) is 30.3 Å². The SMILES string of the molecule is O=C([O-])C[C@H](C(=O)[O-])N1C(=O)/C(=C\c2cccc([N+](=O)[O-])c2)SC1=S. The third kappa shape index (κ3) is 4.19. The first-order valence-electron chi connectivity index (χ1n) is 6.63. The highest BCUT2D eigenvalue weighted by Gasteiger charge is 2.37. The molecule has 0 spiro atoms. The second-order valence-corrected chi connectivity index (χ2v) is 6.49. The molecule has 25 heavy (non-hydrogen) atoms. The van der Waals surface area contributed by atoms with E-state index in [0.29, 0.717) is 10.5 Å². The van der Waals surface area contributed by atoms with Crippen LogP contribution >= 0.6 is 24.0 Å². The summed E-state index contributed by atoms with van der Waals surface area (Å²) in [4.78, 5) is 45.0. The molecule has 1 amide bonds. The molecule has 1 heterocycles. The number of carbonyl (C=O) groups excluding carboxylic acids is 3. The van der Waals surface area contributed by atoms with Crippen molar-refractivity contribution in [3.63, 3.8) is 0 Å². The average molecular weight is 380 g/mol. The predicted molar refractivity (Wildman–Crippen MR) is 86.5 cm³/mol. The number of thiocarbonyl (C=S) groups is 1. The number of amides is 1. The van der Waals surface area contributed by atoms with Crippen LogP contribution in [0.1, 0.15) is 12.0 Å². The van der Waals surface area contributed by atoms with Gasteiger partial charge >= 0.3 is 0 Å². The van der Waals surface area contributed by atoms with Gasteiger partial charge in [-0.05, 0) is 11.6 Å². The molecule has 0 aliphatic carbocycles. The van der Waals surface area contributed by atoms with Crippen LogP contribution < -0.4 is 10.2 Å². The highest BCUT2D eigenvalue weighted by molar-refractivity contribution is 8.26. The lowest BCUT2D eigenvalue weighted by Crippen LogP contribution is -2.52. The molecule has 130 valence electrons. The highest BCUT2D eigenvalue weighted by atomic mass is 32.2. The van der Waals surface area contributed by atoms with Crippen LogP contribution in [0.5, 0.6) is 0 Å². The molecule has 0 radical (unpaired) electrons. The van der Waals surface area contributed by atoms with Crippen molar-refractivity contribution in [1.29, 1.82) is 0 Å². The zero-order valence-corrected chi connectivity index (χ0v) is 13.9. The van der Waals surface area contributed by atoms with Crippen LogP contribution in [0.3, 0.4) is 0 Å². The van der Waals surface area contributed by atoms with Gasteiger partial charge in [0.2, 0.25) is 0 Å². The molecule has 1 aromatic carbocycles. The molecular formula is C14H8N2O7S2-2. The Balaban J connectivity index is 2.34. The van der Waals surface area contributed by atoms with E-state index in [2.05, 4.69) is 0 Å². The van der Waals surface area contributed by atoms with Crippen molar-refractivity contribution < 1.29 is 29.5 Å². The Morgan fingerprint density at radius 3 is 2.60 bits per heavy atom. The zero-order valence-electron chi connectivity index (χ0n) is 12.2. The zero-order chi connectivity index (χ0) is 18.7. The second-order valence-electron chi connectivity index (χ2n) is 4.81. The summed E-state index contributed by atoms with van der Waals surface area (Å²) in [5, 5.41) is 32.6. The minimum absolute atomic E-state index is 0.00935. The molecule has 9 nitrogen and oxygen atoms in total. The van der Waals surface area contributed by atoms with Crippen LogP contribution in [-0.4, -0.2) is 38.0 Å². The fraction of sp³-hybridized carbons (Fsp3) is 0.143. The number of carboxylic acids is 2. The van der Waals surface area contributed by atoms with Crippen molar-refractivity contribution in [2.45, 2.75) is 12.5 Å². The third-order valence-corrected chi connectivity index (χ3v) is 4.48. The summed E-state index contributed by atoms with van der Waals surface area (Å²) in [7, 11) is 0. The minimum atomic E-state index is -1.80. The maximum absolute atomic E-state index is 12.4. The van der Waals surface area contributed by atoms with Crippen molar-refractivity contribution in [3.05, 3.63) is 44.8 Å². The first-order chi connectivity index (χ1) is 11.7. The van der Waals surface area contributed by atoms with Gasteiger partial charge in [-0.15, -0.1) is 0 Å². The van der Waals surface area contributed by atoms with Gasteiger partial charge in [-0.3, -0.25) is 19.8 Å². The maximum Gasteiger partial charge on any atom is 0.270 e. The summed E-state index contributed by atoms with van der Waals surface area (Å²) in [6.45, 7) is 0. The molecule has 0 saturated carbocycles. The minimum Gasteiger partial charge on any atom is -0.550 e. The molecule has 1 atom stereocenters. The molecule has 1 fully saturated rings. The number of nitrogens with zero attached hydrogens (tertiary/aromatic N) is 2. The van der Waals surface area contributed by atoms with E-state index in [0.717, 1.165) is 11.8 Å². The number of non-ortho nitro benzene ring substituents is 1. The molecule has 0 N–H and O–H groups in total. The monoisotopic (exact) mass is 380 g/mol. The van der Waals surface area contributed by atoms with Crippen LogP contribution in [0.4, 0.5) is 5.69 Å². The number of aliphatic carboxylic acids is 2. The Bertz CT molecular complexity index is 821. The molecule has 2 rings (SSSR count). The molecular weight excluding hydrogens is 372 g/mol. The van der Waals surface area contributed by atoms with E-state index in [4.69, 9.17) is 12.2 Å². The maximum atomic E-state index is 12.4. The van der Waals surface area contributed by atoms with Gasteiger partial charge in [-0.1, -0.05) is 36.1 Å². The number of nitro groups is 1. The molecule has 11 heteroatoms. The first kappa shape index (κ1) is 18.5. The number of carbonyl (C=O) groups is 3. The number of thioether (sulfide) groups is 1. The molecule has 1 aromatic rings.